The molecule has 0 radical (unpaired) electrons. The molecule has 120 valence electrons. The maximum absolute atomic E-state index is 11.3. The number of aldehydes is 1. The van der Waals surface area contributed by atoms with E-state index in [0.717, 1.165) is 28.9 Å². The average molecular weight is 315 g/mol. The highest BCUT2D eigenvalue weighted by Gasteiger charge is 2.36. The van der Waals surface area contributed by atoms with Crippen LogP contribution in [0.2, 0.25) is 0 Å². The van der Waals surface area contributed by atoms with E-state index in [2.05, 4.69) is 50.1 Å². The highest BCUT2D eigenvalue weighted by Crippen LogP contribution is 2.50. The SMILES string of the molecule is C=C/C=C(\C=C)N1c2ccccc2C(C)(C)c2cc(C=O)ccc21. The molecule has 1 aliphatic heterocycles. The molecule has 24 heavy (non-hydrogen) atoms. The van der Waals surface area contributed by atoms with Crippen LogP contribution in [0.25, 0.3) is 0 Å². The van der Waals surface area contributed by atoms with Gasteiger partial charge in [0.15, 0.2) is 0 Å². The second-order valence-corrected chi connectivity index (χ2v) is 6.40. The summed E-state index contributed by atoms with van der Waals surface area (Å²) in [4.78, 5) is 13.4. The van der Waals surface area contributed by atoms with E-state index in [0.29, 0.717) is 5.56 Å². The van der Waals surface area contributed by atoms with Gasteiger partial charge in [-0.2, -0.15) is 0 Å². The Kier molecular flexibility index (Phi) is 3.98. The summed E-state index contributed by atoms with van der Waals surface area (Å²) in [5.41, 5.74) is 5.99. The van der Waals surface area contributed by atoms with Crippen LogP contribution in [0.5, 0.6) is 0 Å². The number of carbonyl (C=O) groups excluding carboxylic acids is 1. The number of benzene rings is 2. The van der Waals surface area contributed by atoms with Crippen LogP contribution in [0.3, 0.4) is 0 Å². The van der Waals surface area contributed by atoms with Gasteiger partial charge in [-0.3, -0.25) is 4.79 Å². The lowest BCUT2D eigenvalue weighted by molar-refractivity contribution is 0.112. The smallest absolute Gasteiger partial charge is 0.150 e. The number of fused-ring (bicyclic) bond motifs is 2. The van der Waals surface area contributed by atoms with E-state index in [-0.39, 0.29) is 5.41 Å². The van der Waals surface area contributed by atoms with Crippen molar-refractivity contribution < 1.29 is 4.79 Å². The third-order valence-corrected chi connectivity index (χ3v) is 4.65. The Hall–Kier alpha value is -2.87. The van der Waals surface area contributed by atoms with Crippen molar-refractivity contribution in [2.45, 2.75) is 19.3 Å². The van der Waals surface area contributed by atoms with Crippen LogP contribution in [0, 0.1) is 0 Å². The van der Waals surface area contributed by atoms with Gasteiger partial charge in [0.05, 0.1) is 11.4 Å². The number of allylic oxidation sites excluding steroid dienone is 3. The molecule has 0 N–H and O–H groups in total. The zero-order chi connectivity index (χ0) is 17.3. The third kappa shape index (κ3) is 2.31. The zero-order valence-corrected chi connectivity index (χ0v) is 14.1. The number of para-hydroxylation sites is 1. The number of nitrogens with zero attached hydrogens (tertiary/aromatic N) is 1. The maximum atomic E-state index is 11.3. The molecule has 2 heteroatoms. The minimum absolute atomic E-state index is 0.193. The molecule has 0 amide bonds. The van der Waals surface area contributed by atoms with Gasteiger partial charge in [-0.1, -0.05) is 51.3 Å². The lowest BCUT2D eigenvalue weighted by Gasteiger charge is -2.42. The normalized spacial score (nSPS) is 15.2. The van der Waals surface area contributed by atoms with Gasteiger partial charge in [0, 0.05) is 16.7 Å². The standard InChI is InChI=1S/C22H21NO/c1-5-9-17(6-2)23-20-11-8-7-10-18(20)22(3,4)19-14-16(15-24)12-13-21(19)23/h5-15H,1-2H2,3-4H3/b17-9+. The fourth-order valence-corrected chi connectivity index (χ4v) is 3.43. The molecule has 0 saturated heterocycles. The topological polar surface area (TPSA) is 20.3 Å². The van der Waals surface area contributed by atoms with Crippen LogP contribution < -0.4 is 4.90 Å². The first-order chi connectivity index (χ1) is 11.5. The van der Waals surface area contributed by atoms with Crippen LogP contribution in [-0.4, -0.2) is 6.29 Å². The van der Waals surface area contributed by atoms with Crippen molar-refractivity contribution in [1.29, 1.82) is 0 Å². The summed E-state index contributed by atoms with van der Waals surface area (Å²) in [6.45, 7) is 12.2. The molecule has 0 aromatic heterocycles. The summed E-state index contributed by atoms with van der Waals surface area (Å²) in [7, 11) is 0. The highest BCUT2D eigenvalue weighted by atomic mass is 16.1. The number of hydrogen-bond acceptors (Lipinski definition) is 2. The first-order valence-corrected chi connectivity index (χ1v) is 7.99. The molecule has 1 heterocycles. The van der Waals surface area contributed by atoms with Crippen molar-refractivity contribution in [3.8, 4) is 0 Å². The lowest BCUT2D eigenvalue weighted by Crippen LogP contribution is -2.32. The molecule has 0 aliphatic carbocycles. The molecule has 0 unspecified atom stereocenters. The predicted octanol–water partition coefficient (Wildman–Crippen LogP) is 5.53. The van der Waals surface area contributed by atoms with Gasteiger partial charge in [-0.15, -0.1) is 0 Å². The maximum Gasteiger partial charge on any atom is 0.150 e. The summed E-state index contributed by atoms with van der Waals surface area (Å²) >= 11 is 0. The molecule has 0 fully saturated rings. The second-order valence-electron chi connectivity index (χ2n) is 6.40. The first kappa shape index (κ1) is 16.0. The molecular formula is C22H21NO. The lowest BCUT2D eigenvalue weighted by atomic mass is 9.73. The summed E-state index contributed by atoms with van der Waals surface area (Å²) in [6, 6.07) is 14.2. The van der Waals surface area contributed by atoms with Gasteiger partial charge in [0.25, 0.3) is 0 Å². The summed E-state index contributed by atoms with van der Waals surface area (Å²) < 4.78 is 0. The Morgan fingerprint density at radius 3 is 2.42 bits per heavy atom. The Labute approximate surface area is 143 Å². The number of hydrogen-bond donors (Lipinski definition) is 0. The Balaban J connectivity index is 2.37. The average Bonchev–Trinajstić information content (AvgIpc) is 2.61. The Bertz CT molecular complexity index is 858. The van der Waals surface area contributed by atoms with Crippen LogP contribution in [0.1, 0.15) is 35.3 Å². The van der Waals surface area contributed by atoms with E-state index in [4.69, 9.17) is 0 Å². The molecule has 0 bridgehead atoms. The molecule has 2 nitrogen and oxygen atoms in total. The monoisotopic (exact) mass is 315 g/mol. The van der Waals surface area contributed by atoms with Crippen LogP contribution in [0.15, 0.2) is 79.5 Å². The van der Waals surface area contributed by atoms with Crippen molar-refractivity contribution in [2.75, 3.05) is 4.90 Å². The molecule has 2 aromatic rings. The van der Waals surface area contributed by atoms with Crippen molar-refractivity contribution in [3.05, 3.63) is 96.2 Å². The number of carbonyl (C=O) groups is 1. The van der Waals surface area contributed by atoms with Crippen molar-refractivity contribution in [1.82, 2.24) is 0 Å². The molecule has 1 aliphatic rings. The van der Waals surface area contributed by atoms with E-state index in [1.165, 1.54) is 5.56 Å². The fraction of sp³-hybridized carbons (Fsp3) is 0.136. The Morgan fingerprint density at radius 1 is 1.04 bits per heavy atom. The fourth-order valence-electron chi connectivity index (χ4n) is 3.43. The first-order valence-electron chi connectivity index (χ1n) is 7.99. The van der Waals surface area contributed by atoms with Crippen LogP contribution in [-0.2, 0) is 5.41 Å². The largest absolute Gasteiger partial charge is 0.310 e. The minimum atomic E-state index is -0.193. The molecule has 0 saturated carbocycles. The molecule has 0 atom stereocenters. The highest BCUT2D eigenvalue weighted by molar-refractivity contribution is 5.85. The van der Waals surface area contributed by atoms with E-state index in [1.54, 1.807) is 6.08 Å². The number of rotatable bonds is 4. The predicted molar refractivity (Wildman–Crippen MR) is 101 cm³/mol. The third-order valence-electron chi connectivity index (χ3n) is 4.65. The zero-order valence-electron chi connectivity index (χ0n) is 14.1. The van der Waals surface area contributed by atoms with Crippen molar-refractivity contribution in [3.63, 3.8) is 0 Å². The molecule has 0 spiro atoms. The summed E-state index contributed by atoms with van der Waals surface area (Å²) in [6.07, 6.45) is 6.43. The van der Waals surface area contributed by atoms with Gasteiger partial charge >= 0.3 is 0 Å². The van der Waals surface area contributed by atoms with Gasteiger partial charge in [-0.05, 0) is 47.5 Å². The molecule has 3 rings (SSSR count). The van der Waals surface area contributed by atoms with E-state index in [9.17, 15) is 4.79 Å². The molecular weight excluding hydrogens is 294 g/mol. The molecule has 2 aromatic carbocycles. The van der Waals surface area contributed by atoms with Gasteiger partial charge in [0.1, 0.15) is 6.29 Å². The second kappa shape index (κ2) is 5.97. The van der Waals surface area contributed by atoms with E-state index in [1.807, 2.05) is 36.4 Å². The van der Waals surface area contributed by atoms with Crippen LogP contribution >= 0.6 is 0 Å². The van der Waals surface area contributed by atoms with Gasteiger partial charge in [0.2, 0.25) is 0 Å². The Morgan fingerprint density at radius 2 is 1.75 bits per heavy atom. The number of anilines is 2. The summed E-state index contributed by atoms with van der Waals surface area (Å²) in [5, 5.41) is 0. The van der Waals surface area contributed by atoms with Crippen molar-refractivity contribution >= 4 is 17.7 Å². The minimum Gasteiger partial charge on any atom is -0.310 e. The quantitative estimate of drug-likeness (QED) is 0.546. The summed E-state index contributed by atoms with van der Waals surface area (Å²) in [5.74, 6) is 0. The van der Waals surface area contributed by atoms with E-state index < -0.39 is 0 Å². The van der Waals surface area contributed by atoms with E-state index >= 15 is 0 Å². The van der Waals surface area contributed by atoms with Crippen LogP contribution in [0.4, 0.5) is 11.4 Å². The van der Waals surface area contributed by atoms with Crippen molar-refractivity contribution in [2.24, 2.45) is 0 Å². The van der Waals surface area contributed by atoms with Gasteiger partial charge < -0.3 is 4.90 Å². The van der Waals surface area contributed by atoms with Gasteiger partial charge in [-0.25, -0.2) is 0 Å².